The number of likely N-dealkylation sites (N-methyl/N-ethyl adjacent to an activating group) is 1. The van der Waals surface area contributed by atoms with E-state index >= 15 is 0 Å². The standard InChI is InChI=1S/C26H30N2O6/c1-3-22(25(30)31)28(2)24(29)23-16(12-13-33-23)14-27-26(32)34-15-21-19-10-6-4-8-17(19)18-9-5-7-11-20(18)21/h4-11,16,21-23H,3,12-15H2,1-2H3,(H,27,32)(H,30,31). The molecular formula is C26H30N2O6. The second kappa shape index (κ2) is 10.3. The Labute approximate surface area is 198 Å². The number of nitrogens with zero attached hydrogens (tertiary/aromatic N) is 1. The molecule has 3 unspecified atom stereocenters. The van der Waals surface area contributed by atoms with Crippen molar-refractivity contribution in [3.63, 3.8) is 0 Å². The minimum atomic E-state index is -1.05. The Morgan fingerprint density at radius 2 is 1.74 bits per heavy atom. The van der Waals surface area contributed by atoms with Crippen molar-refractivity contribution in [3.8, 4) is 11.1 Å². The average molecular weight is 467 g/mol. The minimum absolute atomic E-state index is 0.0297. The van der Waals surface area contributed by atoms with Gasteiger partial charge in [-0.2, -0.15) is 0 Å². The molecule has 2 aromatic rings. The van der Waals surface area contributed by atoms with Gasteiger partial charge in [0.1, 0.15) is 18.8 Å². The smallest absolute Gasteiger partial charge is 0.407 e. The molecule has 1 heterocycles. The van der Waals surface area contributed by atoms with E-state index < -0.39 is 24.2 Å². The van der Waals surface area contributed by atoms with Crippen molar-refractivity contribution in [2.75, 3.05) is 26.8 Å². The lowest BCUT2D eigenvalue weighted by atomic mass is 9.98. The third-order valence-electron chi connectivity index (χ3n) is 6.80. The molecule has 8 heteroatoms. The lowest BCUT2D eigenvalue weighted by molar-refractivity contribution is -0.154. The van der Waals surface area contributed by atoms with Crippen LogP contribution in [0.3, 0.4) is 0 Å². The van der Waals surface area contributed by atoms with Crippen LogP contribution in [0.2, 0.25) is 0 Å². The lowest BCUT2D eigenvalue weighted by Gasteiger charge is -2.28. The first-order valence-electron chi connectivity index (χ1n) is 11.6. The van der Waals surface area contributed by atoms with Crippen molar-refractivity contribution in [2.45, 2.75) is 37.8 Å². The van der Waals surface area contributed by atoms with Crippen LogP contribution >= 0.6 is 0 Å². The molecule has 2 N–H and O–H groups in total. The topological polar surface area (TPSA) is 105 Å². The number of rotatable bonds is 8. The number of amides is 2. The van der Waals surface area contributed by atoms with Gasteiger partial charge in [-0.15, -0.1) is 0 Å². The van der Waals surface area contributed by atoms with E-state index in [1.807, 2.05) is 24.3 Å². The fourth-order valence-electron chi connectivity index (χ4n) is 4.95. The van der Waals surface area contributed by atoms with Gasteiger partial charge in [0.25, 0.3) is 5.91 Å². The molecule has 4 rings (SSSR count). The van der Waals surface area contributed by atoms with Gasteiger partial charge in [0.05, 0.1) is 0 Å². The van der Waals surface area contributed by atoms with Crippen LogP contribution in [0.5, 0.6) is 0 Å². The molecule has 0 saturated carbocycles. The van der Waals surface area contributed by atoms with Crippen LogP contribution in [0.4, 0.5) is 4.79 Å². The van der Waals surface area contributed by atoms with Gasteiger partial charge in [-0.05, 0) is 35.1 Å². The fourth-order valence-corrected chi connectivity index (χ4v) is 4.95. The number of benzene rings is 2. The van der Waals surface area contributed by atoms with Crippen molar-refractivity contribution >= 4 is 18.0 Å². The van der Waals surface area contributed by atoms with Gasteiger partial charge in [-0.1, -0.05) is 55.5 Å². The summed E-state index contributed by atoms with van der Waals surface area (Å²) >= 11 is 0. The molecule has 1 fully saturated rings. The molecule has 2 amide bonds. The summed E-state index contributed by atoms with van der Waals surface area (Å²) in [7, 11) is 1.47. The number of fused-ring (bicyclic) bond motifs is 3. The van der Waals surface area contributed by atoms with E-state index in [1.54, 1.807) is 6.92 Å². The Kier molecular flexibility index (Phi) is 7.17. The van der Waals surface area contributed by atoms with E-state index in [-0.39, 0.29) is 30.9 Å². The summed E-state index contributed by atoms with van der Waals surface area (Å²) in [5.74, 6) is -1.71. The summed E-state index contributed by atoms with van der Waals surface area (Å²) in [6, 6.07) is 15.3. The highest BCUT2D eigenvalue weighted by molar-refractivity contribution is 5.86. The molecule has 180 valence electrons. The molecule has 1 saturated heterocycles. The minimum Gasteiger partial charge on any atom is -0.480 e. The predicted molar refractivity (Wildman–Crippen MR) is 125 cm³/mol. The van der Waals surface area contributed by atoms with Gasteiger partial charge in [0.15, 0.2) is 0 Å². The zero-order valence-electron chi connectivity index (χ0n) is 19.4. The first kappa shape index (κ1) is 23.8. The maximum Gasteiger partial charge on any atom is 0.407 e. The number of nitrogens with one attached hydrogen (secondary N) is 1. The number of carbonyl (C=O) groups excluding carboxylic acids is 2. The van der Waals surface area contributed by atoms with Crippen molar-refractivity contribution in [1.82, 2.24) is 10.2 Å². The van der Waals surface area contributed by atoms with Crippen LogP contribution in [0.15, 0.2) is 48.5 Å². The largest absolute Gasteiger partial charge is 0.480 e. The average Bonchev–Trinajstić information content (AvgIpc) is 3.44. The predicted octanol–water partition coefficient (Wildman–Crippen LogP) is 3.25. The second-order valence-electron chi connectivity index (χ2n) is 8.76. The summed E-state index contributed by atoms with van der Waals surface area (Å²) in [6.45, 7) is 2.52. The summed E-state index contributed by atoms with van der Waals surface area (Å²) in [5, 5.41) is 12.1. The molecule has 0 spiro atoms. The molecule has 34 heavy (non-hydrogen) atoms. The SMILES string of the molecule is CCC(C(=O)O)N(C)C(=O)C1OCCC1CNC(=O)OCC1c2ccccc2-c2ccccc21. The maximum atomic E-state index is 12.8. The number of hydrogen-bond donors (Lipinski definition) is 2. The molecule has 0 bridgehead atoms. The number of carboxylic acid groups (broad SMARTS) is 1. The number of aliphatic carboxylic acids is 1. The van der Waals surface area contributed by atoms with E-state index in [0.717, 1.165) is 22.3 Å². The van der Waals surface area contributed by atoms with Crippen LogP contribution < -0.4 is 5.32 Å². The molecule has 2 aromatic carbocycles. The van der Waals surface area contributed by atoms with Gasteiger partial charge in [-0.25, -0.2) is 9.59 Å². The Hall–Kier alpha value is -3.39. The third kappa shape index (κ3) is 4.63. The molecule has 0 radical (unpaired) electrons. The van der Waals surface area contributed by atoms with Crippen LogP contribution in [0, 0.1) is 5.92 Å². The van der Waals surface area contributed by atoms with Gasteiger partial charge >= 0.3 is 12.1 Å². The van der Waals surface area contributed by atoms with E-state index in [4.69, 9.17) is 9.47 Å². The summed E-state index contributed by atoms with van der Waals surface area (Å²) in [4.78, 5) is 38.0. The molecular weight excluding hydrogens is 436 g/mol. The summed E-state index contributed by atoms with van der Waals surface area (Å²) in [5.41, 5.74) is 4.59. The molecule has 1 aliphatic heterocycles. The molecule has 3 atom stereocenters. The van der Waals surface area contributed by atoms with Crippen molar-refractivity contribution in [2.24, 2.45) is 5.92 Å². The maximum absolute atomic E-state index is 12.8. The summed E-state index contributed by atoms with van der Waals surface area (Å²) < 4.78 is 11.2. The van der Waals surface area contributed by atoms with Crippen LogP contribution in [0.1, 0.15) is 36.8 Å². The van der Waals surface area contributed by atoms with Crippen LogP contribution in [-0.2, 0) is 19.1 Å². The monoisotopic (exact) mass is 466 g/mol. The van der Waals surface area contributed by atoms with Crippen molar-refractivity contribution in [1.29, 1.82) is 0 Å². The molecule has 2 aliphatic rings. The lowest BCUT2D eigenvalue weighted by Crippen LogP contribution is -2.49. The number of ether oxygens (including phenoxy) is 2. The zero-order chi connectivity index (χ0) is 24.2. The summed E-state index contributed by atoms with van der Waals surface area (Å²) in [6.07, 6.45) is -0.442. The first-order valence-corrected chi connectivity index (χ1v) is 11.6. The molecule has 1 aliphatic carbocycles. The van der Waals surface area contributed by atoms with E-state index in [0.29, 0.717) is 19.4 Å². The highest BCUT2D eigenvalue weighted by atomic mass is 16.5. The van der Waals surface area contributed by atoms with E-state index in [9.17, 15) is 19.5 Å². The quantitative estimate of drug-likeness (QED) is 0.619. The van der Waals surface area contributed by atoms with Crippen molar-refractivity contribution < 1.29 is 29.0 Å². The number of hydrogen-bond acceptors (Lipinski definition) is 5. The van der Waals surface area contributed by atoms with Crippen LogP contribution in [0.25, 0.3) is 11.1 Å². The molecule has 8 nitrogen and oxygen atoms in total. The second-order valence-corrected chi connectivity index (χ2v) is 8.76. The number of carboxylic acids is 1. The number of carbonyl (C=O) groups is 3. The van der Waals surface area contributed by atoms with Gasteiger partial charge in [0, 0.05) is 32.0 Å². The van der Waals surface area contributed by atoms with E-state index in [1.165, 1.54) is 11.9 Å². The first-order chi connectivity index (χ1) is 16.4. The Bertz CT molecular complexity index is 1030. The van der Waals surface area contributed by atoms with Gasteiger partial charge < -0.3 is 24.8 Å². The third-order valence-corrected chi connectivity index (χ3v) is 6.80. The van der Waals surface area contributed by atoms with Gasteiger partial charge in [-0.3, -0.25) is 4.79 Å². The Morgan fingerprint density at radius 1 is 1.12 bits per heavy atom. The van der Waals surface area contributed by atoms with E-state index in [2.05, 4.69) is 29.6 Å². The highest BCUT2D eigenvalue weighted by Crippen LogP contribution is 2.44. The van der Waals surface area contributed by atoms with Crippen molar-refractivity contribution in [3.05, 3.63) is 59.7 Å². The zero-order valence-corrected chi connectivity index (χ0v) is 19.4. The van der Waals surface area contributed by atoms with Gasteiger partial charge in [0.2, 0.25) is 0 Å². The normalized spacial score (nSPS) is 19.7. The fraction of sp³-hybridized carbons (Fsp3) is 0.423. The van der Waals surface area contributed by atoms with Crippen LogP contribution in [-0.4, -0.2) is 66.9 Å². The highest BCUT2D eigenvalue weighted by Gasteiger charge is 2.39. The Balaban J connectivity index is 1.33. The Morgan fingerprint density at radius 3 is 2.32 bits per heavy atom. The molecule has 0 aromatic heterocycles. The number of alkyl carbamates (subject to hydrolysis) is 1.